The fourth-order valence-corrected chi connectivity index (χ4v) is 4.89. The lowest BCUT2D eigenvalue weighted by Gasteiger charge is -2.12. The van der Waals surface area contributed by atoms with Crippen molar-refractivity contribution >= 4 is 38.3 Å². The van der Waals surface area contributed by atoms with E-state index in [9.17, 15) is 27.1 Å². The second-order valence-electron chi connectivity index (χ2n) is 8.68. The second-order valence-corrected chi connectivity index (χ2v) is 10.5. The number of ether oxygens (including phenoxy) is 1. The summed E-state index contributed by atoms with van der Waals surface area (Å²) in [7, 11) is -3.86. The molecule has 2 heterocycles. The Kier molecular flexibility index (Phi) is 8.43. The highest BCUT2D eigenvalue weighted by Crippen LogP contribution is 2.28. The van der Waals surface area contributed by atoms with Crippen molar-refractivity contribution in [3.63, 3.8) is 0 Å². The van der Waals surface area contributed by atoms with Crippen LogP contribution in [0, 0.1) is 11.6 Å². The average molecular weight is 561 g/mol. The van der Waals surface area contributed by atoms with E-state index in [0.717, 1.165) is 17.7 Å². The number of halogens is 2. The number of sulfonamides is 1. The highest BCUT2D eigenvalue weighted by Gasteiger charge is 2.23. The third-order valence-electron chi connectivity index (χ3n) is 5.58. The number of H-pyrrole nitrogens is 1. The van der Waals surface area contributed by atoms with Gasteiger partial charge in [0.05, 0.1) is 29.9 Å². The number of aromatic amines is 1. The van der Waals surface area contributed by atoms with Crippen LogP contribution in [-0.2, 0) is 10.0 Å². The highest BCUT2D eigenvalue weighted by molar-refractivity contribution is 7.92. The van der Waals surface area contributed by atoms with E-state index < -0.39 is 51.5 Å². The summed E-state index contributed by atoms with van der Waals surface area (Å²) >= 11 is 0. The van der Waals surface area contributed by atoms with Crippen molar-refractivity contribution in [2.24, 2.45) is 0 Å². The summed E-state index contributed by atoms with van der Waals surface area (Å²) in [6, 6.07) is 12.0. The van der Waals surface area contributed by atoms with Gasteiger partial charge >= 0.3 is 0 Å². The van der Waals surface area contributed by atoms with Gasteiger partial charge in [0.1, 0.15) is 35.5 Å². The van der Waals surface area contributed by atoms with Gasteiger partial charge < -0.3 is 25.3 Å². The van der Waals surface area contributed by atoms with Crippen molar-refractivity contribution in [2.45, 2.75) is 19.4 Å². The summed E-state index contributed by atoms with van der Waals surface area (Å²) in [6.45, 7) is 1.14. The first kappa shape index (κ1) is 28.0. The Morgan fingerprint density at radius 2 is 1.97 bits per heavy atom. The van der Waals surface area contributed by atoms with Crippen LogP contribution < -0.4 is 14.8 Å². The first-order valence-electron chi connectivity index (χ1n) is 11.9. The molecule has 0 spiro atoms. The zero-order chi connectivity index (χ0) is 28.2. The predicted molar refractivity (Wildman–Crippen MR) is 142 cm³/mol. The molecule has 4 rings (SSSR count). The number of hydrogen-bond donors (Lipinski definition) is 5. The lowest BCUT2D eigenvalue weighted by atomic mass is 10.1. The number of benzene rings is 2. The number of rotatable bonds is 11. The van der Waals surface area contributed by atoms with Gasteiger partial charge in [-0.15, -0.1) is 0 Å². The van der Waals surface area contributed by atoms with Crippen molar-refractivity contribution in [3.05, 3.63) is 71.9 Å². The van der Waals surface area contributed by atoms with Crippen LogP contribution in [0.5, 0.6) is 5.75 Å². The minimum atomic E-state index is -3.86. The lowest BCUT2D eigenvalue weighted by molar-refractivity contribution is 0.0536. The first-order valence-corrected chi connectivity index (χ1v) is 13.6. The van der Waals surface area contributed by atoms with Gasteiger partial charge in [-0.1, -0.05) is 19.1 Å². The standard InChI is InChI=1S/C26H26F2N4O6S/c1-2-8-39(36,37)32-21-7-6-20(27)23(24(21)28)26(35)30-17-9-16-11-22(31-25(16)29-12-17)15-4-3-5-19(10-15)38-14-18(34)13-33/h3-7,9-12,18,32-34H,2,8,13-14H2,1H3,(H,29,31)(H,30,35). The van der Waals surface area contributed by atoms with Gasteiger partial charge in [0.2, 0.25) is 10.0 Å². The van der Waals surface area contributed by atoms with E-state index in [4.69, 9.17) is 9.84 Å². The minimum Gasteiger partial charge on any atom is -0.491 e. The molecule has 2 aromatic carbocycles. The number of nitrogens with zero attached hydrogens (tertiary/aromatic N) is 1. The highest BCUT2D eigenvalue weighted by atomic mass is 32.2. The fourth-order valence-electron chi connectivity index (χ4n) is 3.76. The van der Waals surface area contributed by atoms with E-state index in [1.807, 2.05) is 10.8 Å². The Labute approximate surface area is 222 Å². The van der Waals surface area contributed by atoms with E-state index in [1.54, 1.807) is 37.3 Å². The Bertz CT molecular complexity index is 1610. The van der Waals surface area contributed by atoms with Crippen molar-refractivity contribution in [2.75, 3.05) is 29.0 Å². The Morgan fingerprint density at radius 3 is 2.72 bits per heavy atom. The van der Waals surface area contributed by atoms with Crippen molar-refractivity contribution in [3.8, 4) is 17.0 Å². The predicted octanol–water partition coefficient (Wildman–Crippen LogP) is 3.64. The van der Waals surface area contributed by atoms with Crippen molar-refractivity contribution in [1.82, 2.24) is 9.97 Å². The molecule has 13 heteroatoms. The van der Waals surface area contributed by atoms with Gasteiger partial charge in [-0.05, 0) is 42.8 Å². The zero-order valence-electron chi connectivity index (χ0n) is 20.7. The summed E-state index contributed by atoms with van der Waals surface area (Å²) in [4.78, 5) is 20.2. The third-order valence-corrected chi connectivity index (χ3v) is 7.06. The van der Waals surface area contributed by atoms with Crippen LogP contribution in [0.1, 0.15) is 23.7 Å². The molecule has 0 aliphatic rings. The summed E-state index contributed by atoms with van der Waals surface area (Å²) in [6.07, 6.45) is 0.588. The molecule has 4 aromatic rings. The number of anilines is 2. The third kappa shape index (κ3) is 6.69. The number of pyridine rings is 1. The number of hydrogen-bond acceptors (Lipinski definition) is 7. The van der Waals surface area contributed by atoms with Crippen molar-refractivity contribution in [1.29, 1.82) is 0 Å². The molecule has 0 bridgehead atoms. The van der Waals surface area contributed by atoms with Crippen LogP contribution in [0.2, 0.25) is 0 Å². The summed E-state index contributed by atoms with van der Waals surface area (Å²) in [5.41, 5.74) is 0.568. The molecule has 2 aromatic heterocycles. The molecule has 39 heavy (non-hydrogen) atoms. The van der Waals surface area contributed by atoms with Crippen LogP contribution in [0.15, 0.2) is 54.7 Å². The van der Waals surface area contributed by atoms with Crippen LogP contribution in [0.25, 0.3) is 22.3 Å². The number of aliphatic hydroxyl groups excluding tert-OH is 2. The molecular formula is C26H26F2N4O6S. The van der Waals surface area contributed by atoms with E-state index in [1.165, 1.54) is 6.20 Å². The lowest BCUT2D eigenvalue weighted by Crippen LogP contribution is -2.21. The summed E-state index contributed by atoms with van der Waals surface area (Å²) in [5, 5.41) is 21.4. The zero-order valence-corrected chi connectivity index (χ0v) is 21.6. The molecule has 0 aliphatic heterocycles. The smallest absolute Gasteiger partial charge is 0.261 e. The number of aliphatic hydroxyl groups is 2. The molecule has 206 valence electrons. The van der Waals surface area contributed by atoms with Crippen LogP contribution in [0.3, 0.4) is 0 Å². The molecule has 0 saturated heterocycles. The molecule has 1 unspecified atom stereocenters. The van der Waals surface area contributed by atoms with Crippen LogP contribution in [0.4, 0.5) is 20.2 Å². The van der Waals surface area contributed by atoms with Gasteiger partial charge in [0, 0.05) is 16.6 Å². The number of fused-ring (bicyclic) bond motifs is 1. The normalized spacial score (nSPS) is 12.3. The van der Waals surface area contributed by atoms with E-state index >= 15 is 0 Å². The van der Waals surface area contributed by atoms with Gasteiger partial charge in [-0.25, -0.2) is 22.2 Å². The maximum Gasteiger partial charge on any atom is 0.261 e. The number of carbonyl (C=O) groups excluding carboxylic acids is 1. The first-order chi connectivity index (χ1) is 18.6. The molecule has 5 N–H and O–H groups in total. The maximum atomic E-state index is 15.0. The molecule has 1 atom stereocenters. The number of nitrogens with one attached hydrogen (secondary N) is 3. The van der Waals surface area contributed by atoms with Gasteiger partial charge in [0.25, 0.3) is 5.91 Å². The number of carbonyl (C=O) groups is 1. The SMILES string of the molecule is CCCS(=O)(=O)Nc1ccc(F)c(C(=O)Nc2cnc3[nH]c(-c4cccc(OCC(O)CO)c4)cc3c2)c1F. The largest absolute Gasteiger partial charge is 0.491 e. The molecule has 0 fully saturated rings. The molecule has 1 amide bonds. The quantitative estimate of drug-likeness (QED) is 0.188. The Balaban J connectivity index is 1.55. The molecular weight excluding hydrogens is 534 g/mol. The molecule has 0 radical (unpaired) electrons. The topological polar surface area (TPSA) is 154 Å². The number of amides is 1. The average Bonchev–Trinajstić information content (AvgIpc) is 3.32. The second kappa shape index (κ2) is 11.8. The van der Waals surface area contributed by atoms with Gasteiger partial charge in [-0.3, -0.25) is 9.52 Å². The molecule has 0 saturated carbocycles. The summed E-state index contributed by atoms with van der Waals surface area (Å²) in [5.74, 6) is -3.40. The van der Waals surface area contributed by atoms with E-state index in [-0.39, 0.29) is 24.5 Å². The summed E-state index contributed by atoms with van der Waals surface area (Å²) < 4.78 is 61.0. The minimum absolute atomic E-state index is 0.0774. The van der Waals surface area contributed by atoms with Crippen LogP contribution >= 0.6 is 0 Å². The monoisotopic (exact) mass is 560 g/mol. The van der Waals surface area contributed by atoms with Crippen molar-refractivity contribution < 1.29 is 36.9 Å². The Hall–Kier alpha value is -4.07. The van der Waals surface area contributed by atoms with Crippen LogP contribution in [-0.4, -0.2) is 59.6 Å². The van der Waals surface area contributed by atoms with E-state index in [0.29, 0.717) is 22.5 Å². The van der Waals surface area contributed by atoms with Gasteiger partial charge in [0.15, 0.2) is 5.82 Å². The Morgan fingerprint density at radius 1 is 1.18 bits per heavy atom. The number of aromatic nitrogens is 2. The van der Waals surface area contributed by atoms with E-state index in [2.05, 4.69) is 15.3 Å². The molecule has 0 aliphatic carbocycles. The van der Waals surface area contributed by atoms with Gasteiger partial charge in [-0.2, -0.15) is 0 Å². The fraction of sp³-hybridized carbons (Fsp3) is 0.231. The molecule has 10 nitrogen and oxygen atoms in total. The maximum absolute atomic E-state index is 15.0.